The summed E-state index contributed by atoms with van der Waals surface area (Å²) in [6.07, 6.45) is 1.90. The third-order valence-corrected chi connectivity index (χ3v) is 4.32. The Balaban J connectivity index is 2.91. The molecular weight excluding hydrogens is 255 g/mol. The van der Waals surface area contributed by atoms with E-state index in [1.807, 2.05) is 13.8 Å². The molecule has 1 N–H and O–H groups in total. The summed E-state index contributed by atoms with van der Waals surface area (Å²) in [5.41, 5.74) is -0.0390. The predicted molar refractivity (Wildman–Crippen MR) is 68.7 cm³/mol. The van der Waals surface area contributed by atoms with Gasteiger partial charge >= 0.3 is 5.97 Å². The highest BCUT2D eigenvalue weighted by atomic mass is 32.2. The Labute approximate surface area is 108 Å². The number of hydrogen-bond acceptors (Lipinski definition) is 2. The van der Waals surface area contributed by atoms with E-state index in [1.165, 1.54) is 6.07 Å². The van der Waals surface area contributed by atoms with E-state index in [9.17, 15) is 13.4 Å². The highest BCUT2D eigenvalue weighted by molar-refractivity contribution is 7.85. The fraction of sp³-hybridized carbons (Fsp3) is 0.462. The van der Waals surface area contributed by atoms with Crippen LogP contribution in [0.1, 0.15) is 37.0 Å². The Hall–Kier alpha value is -1.23. The van der Waals surface area contributed by atoms with Crippen molar-refractivity contribution in [1.29, 1.82) is 0 Å². The molecule has 18 heavy (non-hydrogen) atoms. The number of rotatable bonds is 6. The zero-order chi connectivity index (χ0) is 13.7. The summed E-state index contributed by atoms with van der Waals surface area (Å²) >= 11 is 0. The maximum absolute atomic E-state index is 13.5. The molecule has 0 aromatic heterocycles. The third-order valence-electron chi connectivity index (χ3n) is 2.64. The Morgan fingerprint density at radius 1 is 1.50 bits per heavy atom. The van der Waals surface area contributed by atoms with Crippen LogP contribution in [0.2, 0.25) is 0 Å². The number of benzene rings is 1. The van der Waals surface area contributed by atoms with Gasteiger partial charge in [0, 0.05) is 5.75 Å². The zero-order valence-corrected chi connectivity index (χ0v) is 11.3. The second-order valence-corrected chi connectivity index (χ2v) is 5.82. The lowest BCUT2D eigenvalue weighted by molar-refractivity contribution is 0.0696. The minimum absolute atomic E-state index is 0.0159. The molecule has 100 valence electrons. The smallest absolute Gasteiger partial charge is 0.335 e. The van der Waals surface area contributed by atoms with E-state index in [2.05, 4.69) is 0 Å². The number of hydrogen-bond donors (Lipinski definition) is 1. The standard InChI is InChI=1S/C13H17FO3S/c1-3-4-9(2)8-18(17)12-7-10(13(15)16)5-6-11(12)14/h5-7,9H,3-4,8H2,1-2H3,(H,15,16). The van der Waals surface area contributed by atoms with Crippen molar-refractivity contribution < 1.29 is 18.5 Å². The number of carbonyl (C=O) groups is 1. The average molecular weight is 272 g/mol. The second-order valence-electron chi connectivity index (χ2n) is 4.36. The highest BCUT2D eigenvalue weighted by Crippen LogP contribution is 2.18. The van der Waals surface area contributed by atoms with Crippen molar-refractivity contribution in [1.82, 2.24) is 0 Å². The fourth-order valence-electron chi connectivity index (χ4n) is 1.74. The number of halogens is 1. The maximum Gasteiger partial charge on any atom is 0.335 e. The third kappa shape index (κ3) is 3.91. The molecule has 0 aliphatic heterocycles. The molecule has 2 unspecified atom stereocenters. The van der Waals surface area contributed by atoms with Gasteiger partial charge in [-0.25, -0.2) is 9.18 Å². The van der Waals surface area contributed by atoms with E-state index in [0.29, 0.717) is 5.75 Å². The monoisotopic (exact) mass is 272 g/mol. The molecule has 5 heteroatoms. The first kappa shape index (κ1) is 14.8. The summed E-state index contributed by atoms with van der Waals surface area (Å²) in [6, 6.07) is 3.39. The van der Waals surface area contributed by atoms with Crippen molar-refractivity contribution in [2.75, 3.05) is 5.75 Å². The van der Waals surface area contributed by atoms with Crippen LogP contribution in [0, 0.1) is 11.7 Å². The molecule has 1 rings (SSSR count). The molecule has 2 atom stereocenters. The van der Waals surface area contributed by atoms with E-state index >= 15 is 0 Å². The van der Waals surface area contributed by atoms with Crippen LogP contribution < -0.4 is 0 Å². The molecule has 0 heterocycles. The van der Waals surface area contributed by atoms with E-state index < -0.39 is 22.6 Å². The molecule has 0 fully saturated rings. The van der Waals surface area contributed by atoms with Gasteiger partial charge in [0.1, 0.15) is 5.82 Å². The summed E-state index contributed by atoms with van der Waals surface area (Å²) in [5, 5.41) is 8.83. The van der Waals surface area contributed by atoms with Crippen LogP contribution in [-0.4, -0.2) is 21.0 Å². The molecule has 0 amide bonds. The van der Waals surface area contributed by atoms with Gasteiger partial charge < -0.3 is 5.11 Å². The van der Waals surface area contributed by atoms with Crippen molar-refractivity contribution in [2.45, 2.75) is 31.6 Å². The van der Waals surface area contributed by atoms with Crippen LogP contribution in [0.4, 0.5) is 4.39 Å². The summed E-state index contributed by atoms with van der Waals surface area (Å²) in [5.74, 6) is -1.17. The molecule has 0 saturated carbocycles. The number of aromatic carboxylic acids is 1. The van der Waals surface area contributed by atoms with Gasteiger partial charge in [-0.1, -0.05) is 26.7 Å². The molecule has 0 spiro atoms. The van der Waals surface area contributed by atoms with Crippen LogP contribution in [0.3, 0.4) is 0 Å². The molecule has 0 aliphatic carbocycles. The second kappa shape index (κ2) is 6.64. The largest absolute Gasteiger partial charge is 0.478 e. The van der Waals surface area contributed by atoms with Crippen molar-refractivity contribution in [3.63, 3.8) is 0 Å². The van der Waals surface area contributed by atoms with Crippen LogP contribution >= 0.6 is 0 Å². The van der Waals surface area contributed by atoms with Crippen LogP contribution in [0.5, 0.6) is 0 Å². The Morgan fingerprint density at radius 2 is 2.17 bits per heavy atom. The van der Waals surface area contributed by atoms with Gasteiger partial charge in [-0.3, -0.25) is 4.21 Å². The predicted octanol–water partition coefficient (Wildman–Crippen LogP) is 3.07. The fourth-order valence-corrected chi connectivity index (χ4v) is 3.14. The van der Waals surface area contributed by atoms with Crippen molar-refractivity contribution in [3.8, 4) is 0 Å². The topological polar surface area (TPSA) is 54.4 Å². The van der Waals surface area contributed by atoms with Gasteiger partial charge in [0.25, 0.3) is 0 Å². The van der Waals surface area contributed by atoms with Gasteiger partial charge in [-0.2, -0.15) is 0 Å². The van der Waals surface area contributed by atoms with Crippen LogP contribution in [0.15, 0.2) is 23.1 Å². The van der Waals surface area contributed by atoms with E-state index in [1.54, 1.807) is 0 Å². The van der Waals surface area contributed by atoms with Gasteiger partial charge in [-0.15, -0.1) is 0 Å². The highest BCUT2D eigenvalue weighted by Gasteiger charge is 2.16. The first-order valence-corrected chi connectivity index (χ1v) is 7.18. The first-order chi connectivity index (χ1) is 8.45. The lowest BCUT2D eigenvalue weighted by Crippen LogP contribution is -2.10. The number of carboxylic acid groups (broad SMARTS) is 1. The average Bonchev–Trinajstić information content (AvgIpc) is 2.29. The van der Waals surface area contributed by atoms with Crippen molar-refractivity contribution in [3.05, 3.63) is 29.6 Å². The summed E-state index contributed by atoms with van der Waals surface area (Å²) in [4.78, 5) is 10.8. The molecule has 1 aromatic rings. The quantitative estimate of drug-likeness (QED) is 0.866. The SMILES string of the molecule is CCCC(C)CS(=O)c1cc(C(=O)O)ccc1F. The normalized spacial score (nSPS) is 14.2. The Kier molecular flexibility index (Phi) is 5.47. The van der Waals surface area contributed by atoms with Crippen molar-refractivity contribution >= 4 is 16.8 Å². The van der Waals surface area contributed by atoms with Gasteiger partial charge in [0.2, 0.25) is 0 Å². The Morgan fingerprint density at radius 3 is 2.72 bits per heavy atom. The Bertz CT molecular complexity index is 460. The molecule has 3 nitrogen and oxygen atoms in total. The summed E-state index contributed by atoms with van der Waals surface area (Å²) < 4.78 is 25.5. The maximum atomic E-state index is 13.5. The lowest BCUT2D eigenvalue weighted by atomic mass is 10.1. The molecule has 0 bridgehead atoms. The van der Waals surface area contributed by atoms with Crippen molar-refractivity contribution in [2.24, 2.45) is 5.92 Å². The molecule has 0 radical (unpaired) electrons. The van der Waals surface area contributed by atoms with Crippen LogP contribution in [-0.2, 0) is 10.8 Å². The number of carboxylic acids is 1. The van der Waals surface area contributed by atoms with E-state index in [-0.39, 0.29) is 16.4 Å². The van der Waals surface area contributed by atoms with Gasteiger partial charge in [0.05, 0.1) is 21.3 Å². The minimum Gasteiger partial charge on any atom is -0.478 e. The lowest BCUT2D eigenvalue weighted by Gasteiger charge is -2.10. The van der Waals surface area contributed by atoms with E-state index in [4.69, 9.17) is 5.11 Å². The van der Waals surface area contributed by atoms with E-state index in [0.717, 1.165) is 25.0 Å². The molecule has 0 saturated heterocycles. The molecule has 1 aromatic carbocycles. The minimum atomic E-state index is -1.49. The summed E-state index contributed by atoms with van der Waals surface area (Å²) in [6.45, 7) is 3.99. The zero-order valence-electron chi connectivity index (χ0n) is 10.5. The van der Waals surface area contributed by atoms with Gasteiger partial charge in [-0.05, 0) is 24.1 Å². The van der Waals surface area contributed by atoms with Crippen LogP contribution in [0.25, 0.3) is 0 Å². The molecule has 0 aliphatic rings. The summed E-state index contributed by atoms with van der Waals surface area (Å²) in [7, 11) is -1.49. The van der Waals surface area contributed by atoms with Gasteiger partial charge in [0.15, 0.2) is 0 Å². The first-order valence-electron chi connectivity index (χ1n) is 5.87. The molecular formula is C13H17FO3S.